The van der Waals surface area contributed by atoms with Crippen LogP contribution in [0.3, 0.4) is 0 Å². The van der Waals surface area contributed by atoms with Gasteiger partial charge >= 0.3 is 5.97 Å². The van der Waals surface area contributed by atoms with Crippen molar-refractivity contribution in [3.63, 3.8) is 0 Å². The molecule has 2 aromatic rings. The Hall–Kier alpha value is -2.76. The van der Waals surface area contributed by atoms with Crippen molar-refractivity contribution in [1.29, 1.82) is 0 Å². The Morgan fingerprint density at radius 2 is 1.96 bits per heavy atom. The second-order valence-corrected chi connectivity index (χ2v) is 5.01. The Labute approximate surface area is 135 Å². The third kappa shape index (κ3) is 3.53. The number of aromatic nitrogens is 2. The van der Waals surface area contributed by atoms with Crippen molar-refractivity contribution in [2.24, 2.45) is 7.05 Å². The molecule has 6 heteroatoms. The number of allylic oxidation sites excluding steroid dienone is 1. The van der Waals surface area contributed by atoms with Crippen molar-refractivity contribution in [3.8, 4) is 22.6 Å². The summed E-state index contributed by atoms with van der Waals surface area (Å²) in [7, 11) is 6.36. The summed E-state index contributed by atoms with van der Waals surface area (Å²) in [5, 5.41) is 4.19. The molecule has 0 aliphatic carbocycles. The largest absolute Gasteiger partial charge is 0.493 e. The molecule has 1 heterocycles. The molecule has 0 amide bonds. The van der Waals surface area contributed by atoms with Crippen LogP contribution < -0.4 is 9.47 Å². The van der Waals surface area contributed by atoms with E-state index in [0.717, 1.165) is 22.3 Å². The molecule has 0 radical (unpaired) electrons. The summed E-state index contributed by atoms with van der Waals surface area (Å²) in [5.74, 6) is 0.803. The minimum Gasteiger partial charge on any atom is -0.493 e. The molecule has 0 atom stereocenters. The zero-order valence-corrected chi connectivity index (χ0v) is 13.9. The summed E-state index contributed by atoms with van der Waals surface area (Å²) < 4.78 is 17.3. The van der Waals surface area contributed by atoms with Gasteiger partial charge in [0.1, 0.15) is 0 Å². The first-order chi connectivity index (χ1) is 11.0. The number of methoxy groups -OCH3 is 3. The SMILES string of the molecule is COC(=O)/C=C(\C)c1cc(OC)c(OC)c(-c2cnn(C)c2)c1. The molecule has 0 fully saturated rings. The highest BCUT2D eigenvalue weighted by molar-refractivity contribution is 5.92. The molecule has 0 saturated heterocycles. The summed E-state index contributed by atoms with van der Waals surface area (Å²) in [6, 6.07) is 3.76. The molecule has 0 aliphatic rings. The van der Waals surface area contributed by atoms with E-state index in [1.165, 1.54) is 13.2 Å². The molecule has 0 N–H and O–H groups in total. The van der Waals surface area contributed by atoms with E-state index >= 15 is 0 Å². The maximum Gasteiger partial charge on any atom is 0.330 e. The van der Waals surface area contributed by atoms with Gasteiger partial charge in [0.2, 0.25) is 0 Å². The normalized spacial score (nSPS) is 11.3. The maximum absolute atomic E-state index is 11.5. The molecule has 0 unspecified atom stereocenters. The molecule has 6 nitrogen and oxygen atoms in total. The lowest BCUT2D eigenvalue weighted by atomic mass is 9.99. The molecule has 0 spiro atoms. The minimum atomic E-state index is -0.403. The van der Waals surface area contributed by atoms with Crippen molar-refractivity contribution >= 4 is 11.5 Å². The standard InChI is InChI=1S/C17H20N2O4/c1-11(6-16(20)22-4)12-7-14(13-9-18-19(2)10-13)17(23-5)15(8-12)21-3/h6-10H,1-5H3/b11-6+. The van der Waals surface area contributed by atoms with E-state index in [0.29, 0.717) is 11.5 Å². The molecule has 1 aromatic heterocycles. The number of hydrogen-bond donors (Lipinski definition) is 0. The number of ether oxygens (including phenoxy) is 3. The van der Waals surface area contributed by atoms with E-state index in [1.54, 1.807) is 25.1 Å². The van der Waals surface area contributed by atoms with Crippen LogP contribution in [-0.2, 0) is 16.6 Å². The predicted molar refractivity (Wildman–Crippen MR) is 87.4 cm³/mol. The zero-order valence-electron chi connectivity index (χ0n) is 13.9. The highest BCUT2D eigenvalue weighted by atomic mass is 16.5. The average Bonchev–Trinajstić information content (AvgIpc) is 2.99. The molecule has 1 aromatic carbocycles. The number of carbonyl (C=O) groups is 1. The van der Waals surface area contributed by atoms with Crippen molar-refractivity contribution < 1.29 is 19.0 Å². The highest BCUT2D eigenvalue weighted by Gasteiger charge is 2.16. The molecule has 23 heavy (non-hydrogen) atoms. The molecule has 2 rings (SSSR count). The fourth-order valence-corrected chi connectivity index (χ4v) is 2.29. The maximum atomic E-state index is 11.5. The quantitative estimate of drug-likeness (QED) is 0.627. The second-order valence-electron chi connectivity index (χ2n) is 5.01. The van der Waals surface area contributed by atoms with Crippen LogP contribution in [0.25, 0.3) is 16.7 Å². The number of aryl methyl sites for hydroxylation is 1. The highest BCUT2D eigenvalue weighted by Crippen LogP contribution is 2.40. The first-order valence-corrected chi connectivity index (χ1v) is 7.01. The third-order valence-electron chi connectivity index (χ3n) is 3.49. The summed E-state index contributed by atoms with van der Waals surface area (Å²) in [6.07, 6.45) is 5.08. The summed E-state index contributed by atoms with van der Waals surface area (Å²) >= 11 is 0. The number of nitrogens with zero attached hydrogens (tertiary/aromatic N) is 2. The lowest BCUT2D eigenvalue weighted by molar-refractivity contribution is -0.134. The Morgan fingerprint density at radius 3 is 2.48 bits per heavy atom. The van der Waals surface area contributed by atoms with Gasteiger partial charge in [0.15, 0.2) is 11.5 Å². The molecule has 0 aliphatic heterocycles. The van der Waals surface area contributed by atoms with Crippen LogP contribution in [0.2, 0.25) is 0 Å². The average molecular weight is 316 g/mol. The van der Waals surface area contributed by atoms with Crippen LogP contribution in [-0.4, -0.2) is 37.1 Å². The fourth-order valence-electron chi connectivity index (χ4n) is 2.29. The second kappa shape index (κ2) is 7.00. The number of benzene rings is 1. The van der Waals surface area contributed by atoms with Crippen LogP contribution in [0.1, 0.15) is 12.5 Å². The smallest absolute Gasteiger partial charge is 0.330 e. The van der Waals surface area contributed by atoms with Gasteiger partial charge in [-0.25, -0.2) is 4.79 Å². The van der Waals surface area contributed by atoms with Gasteiger partial charge in [0, 0.05) is 30.4 Å². The van der Waals surface area contributed by atoms with Gasteiger partial charge in [-0.3, -0.25) is 4.68 Å². The lowest BCUT2D eigenvalue weighted by Crippen LogP contribution is -1.98. The van der Waals surface area contributed by atoms with E-state index < -0.39 is 5.97 Å². The van der Waals surface area contributed by atoms with Crippen molar-refractivity contribution in [2.75, 3.05) is 21.3 Å². The van der Waals surface area contributed by atoms with Crippen LogP contribution in [0.5, 0.6) is 11.5 Å². The molecule has 0 saturated carbocycles. The molecular weight excluding hydrogens is 296 g/mol. The van der Waals surface area contributed by atoms with Crippen molar-refractivity contribution in [3.05, 3.63) is 36.2 Å². The fraction of sp³-hybridized carbons (Fsp3) is 0.294. The Morgan fingerprint density at radius 1 is 1.22 bits per heavy atom. The third-order valence-corrected chi connectivity index (χ3v) is 3.49. The van der Waals surface area contributed by atoms with Crippen LogP contribution in [0.15, 0.2) is 30.6 Å². The van der Waals surface area contributed by atoms with Gasteiger partial charge in [0.05, 0.1) is 27.5 Å². The first kappa shape index (κ1) is 16.6. The van der Waals surface area contributed by atoms with E-state index in [2.05, 4.69) is 9.84 Å². The monoisotopic (exact) mass is 316 g/mol. The van der Waals surface area contributed by atoms with Gasteiger partial charge in [-0.1, -0.05) is 0 Å². The Balaban J connectivity index is 2.62. The Kier molecular flexibility index (Phi) is 5.05. The van der Waals surface area contributed by atoms with Gasteiger partial charge in [-0.05, 0) is 30.2 Å². The summed E-state index contributed by atoms with van der Waals surface area (Å²) in [6.45, 7) is 1.84. The molecule has 122 valence electrons. The zero-order chi connectivity index (χ0) is 17.0. The lowest BCUT2D eigenvalue weighted by Gasteiger charge is -2.14. The van der Waals surface area contributed by atoms with Crippen LogP contribution in [0, 0.1) is 0 Å². The Bertz CT molecular complexity index is 747. The van der Waals surface area contributed by atoms with Crippen molar-refractivity contribution in [2.45, 2.75) is 6.92 Å². The van der Waals surface area contributed by atoms with Crippen LogP contribution in [0.4, 0.5) is 0 Å². The summed E-state index contributed by atoms with van der Waals surface area (Å²) in [4.78, 5) is 11.5. The van der Waals surface area contributed by atoms with Gasteiger partial charge in [0.25, 0.3) is 0 Å². The van der Waals surface area contributed by atoms with E-state index in [9.17, 15) is 4.79 Å². The van der Waals surface area contributed by atoms with Gasteiger partial charge < -0.3 is 14.2 Å². The van der Waals surface area contributed by atoms with Gasteiger partial charge in [-0.15, -0.1) is 0 Å². The van der Waals surface area contributed by atoms with Crippen LogP contribution >= 0.6 is 0 Å². The summed E-state index contributed by atoms with van der Waals surface area (Å²) in [5.41, 5.74) is 3.35. The topological polar surface area (TPSA) is 62.6 Å². The van der Waals surface area contributed by atoms with E-state index in [1.807, 2.05) is 32.3 Å². The molecular formula is C17H20N2O4. The minimum absolute atomic E-state index is 0.403. The van der Waals surface area contributed by atoms with E-state index in [4.69, 9.17) is 9.47 Å². The van der Waals surface area contributed by atoms with Crippen molar-refractivity contribution in [1.82, 2.24) is 9.78 Å². The van der Waals surface area contributed by atoms with Gasteiger partial charge in [-0.2, -0.15) is 5.10 Å². The number of hydrogen-bond acceptors (Lipinski definition) is 5. The predicted octanol–water partition coefficient (Wildman–Crippen LogP) is 2.68. The van der Waals surface area contributed by atoms with E-state index in [-0.39, 0.29) is 0 Å². The molecule has 0 bridgehead atoms. The first-order valence-electron chi connectivity index (χ1n) is 7.01. The number of carbonyl (C=O) groups excluding carboxylic acids is 1. The number of esters is 1. The number of rotatable bonds is 5.